The molecule has 1 heterocycles. The molecule has 1 aromatic heterocycles. The third-order valence-electron chi connectivity index (χ3n) is 2.64. The van der Waals surface area contributed by atoms with Crippen LogP contribution in [0.5, 0.6) is 16.7 Å². The molecule has 2 aromatic carbocycles. The summed E-state index contributed by atoms with van der Waals surface area (Å²) in [5.41, 5.74) is 7.36. The van der Waals surface area contributed by atoms with Gasteiger partial charge in [0.15, 0.2) is 0 Å². The van der Waals surface area contributed by atoms with Crippen LogP contribution in [0, 0.1) is 0 Å². The van der Waals surface area contributed by atoms with Crippen molar-refractivity contribution in [1.29, 1.82) is 0 Å². The van der Waals surface area contributed by atoms with Gasteiger partial charge >= 0.3 is 0 Å². The Bertz CT molecular complexity index is 724. The number of anilines is 1. The Morgan fingerprint density at radius 1 is 1.11 bits per heavy atom. The lowest BCUT2D eigenvalue weighted by Crippen LogP contribution is -1.85. The molecular formula is C14H12N2O2S. The fraction of sp³-hybridized carbons (Fsp3) is 0.0714. The van der Waals surface area contributed by atoms with E-state index in [-0.39, 0.29) is 0 Å². The van der Waals surface area contributed by atoms with Gasteiger partial charge in [0.05, 0.1) is 17.3 Å². The van der Waals surface area contributed by atoms with Crippen molar-refractivity contribution >= 4 is 27.2 Å². The highest BCUT2D eigenvalue weighted by molar-refractivity contribution is 7.20. The van der Waals surface area contributed by atoms with Gasteiger partial charge in [-0.05, 0) is 30.3 Å². The van der Waals surface area contributed by atoms with E-state index in [0.717, 1.165) is 21.7 Å². The molecule has 3 rings (SSSR count). The van der Waals surface area contributed by atoms with Gasteiger partial charge in [-0.25, -0.2) is 4.98 Å². The second-order valence-corrected chi connectivity index (χ2v) is 4.98. The molecule has 0 aliphatic heterocycles. The first-order valence-electron chi connectivity index (χ1n) is 5.72. The Morgan fingerprint density at radius 3 is 2.79 bits per heavy atom. The number of fused-ring (bicyclic) bond motifs is 1. The van der Waals surface area contributed by atoms with Gasteiger partial charge in [0, 0.05) is 11.8 Å². The summed E-state index contributed by atoms with van der Waals surface area (Å²) >= 11 is 1.47. The van der Waals surface area contributed by atoms with Crippen LogP contribution in [0.3, 0.4) is 0 Å². The van der Waals surface area contributed by atoms with Crippen molar-refractivity contribution in [2.45, 2.75) is 0 Å². The average molecular weight is 272 g/mol. The van der Waals surface area contributed by atoms with Gasteiger partial charge < -0.3 is 15.2 Å². The monoisotopic (exact) mass is 272 g/mol. The van der Waals surface area contributed by atoms with Gasteiger partial charge in [-0.3, -0.25) is 0 Å². The lowest BCUT2D eigenvalue weighted by atomic mass is 10.3. The molecule has 4 nitrogen and oxygen atoms in total. The van der Waals surface area contributed by atoms with Crippen LogP contribution >= 0.6 is 11.3 Å². The van der Waals surface area contributed by atoms with Gasteiger partial charge in [0.25, 0.3) is 5.19 Å². The molecule has 3 aromatic rings. The van der Waals surface area contributed by atoms with Crippen molar-refractivity contribution in [1.82, 2.24) is 4.98 Å². The number of benzene rings is 2. The molecule has 0 fully saturated rings. The summed E-state index contributed by atoms with van der Waals surface area (Å²) in [6.45, 7) is 0. The van der Waals surface area contributed by atoms with Crippen molar-refractivity contribution in [2.75, 3.05) is 12.8 Å². The lowest BCUT2D eigenvalue weighted by Gasteiger charge is -2.03. The molecule has 0 bridgehead atoms. The van der Waals surface area contributed by atoms with Gasteiger partial charge in [0.2, 0.25) is 0 Å². The van der Waals surface area contributed by atoms with E-state index in [1.807, 2.05) is 42.5 Å². The minimum Gasteiger partial charge on any atom is -0.497 e. The number of aromatic nitrogens is 1. The largest absolute Gasteiger partial charge is 0.497 e. The van der Waals surface area contributed by atoms with E-state index >= 15 is 0 Å². The van der Waals surface area contributed by atoms with Crippen molar-refractivity contribution in [3.8, 4) is 16.7 Å². The number of rotatable bonds is 3. The molecule has 0 aliphatic carbocycles. The minimum atomic E-state index is 0.592. The second kappa shape index (κ2) is 4.78. The second-order valence-electron chi connectivity index (χ2n) is 3.99. The first kappa shape index (κ1) is 11.8. The molecule has 0 amide bonds. The first-order chi connectivity index (χ1) is 9.24. The molecule has 96 valence electrons. The van der Waals surface area contributed by atoms with Crippen LogP contribution in [-0.2, 0) is 0 Å². The molecule has 0 radical (unpaired) electrons. The van der Waals surface area contributed by atoms with E-state index in [9.17, 15) is 0 Å². The standard InChI is InChI=1S/C14H12N2O2S/c1-17-10-3-2-4-11(8-10)18-14-16-12-6-5-9(15)7-13(12)19-14/h2-8H,15H2,1H3. The third kappa shape index (κ3) is 2.46. The third-order valence-corrected chi connectivity index (χ3v) is 3.54. The number of nitrogen functional groups attached to an aromatic ring is 1. The highest BCUT2D eigenvalue weighted by Gasteiger charge is 2.06. The van der Waals surface area contributed by atoms with Crippen LogP contribution in [0.2, 0.25) is 0 Å². The van der Waals surface area contributed by atoms with E-state index in [2.05, 4.69) is 4.98 Å². The predicted molar refractivity (Wildman–Crippen MR) is 77.1 cm³/mol. The zero-order valence-corrected chi connectivity index (χ0v) is 11.1. The number of nitrogens with zero attached hydrogens (tertiary/aromatic N) is 1. The molecule has 0 saturated carbocycles. The first-order valence-corrected chi connectivity index (χ1v) is 6.54. The quantitative estimate of drug-likeness (QED) is 0.739. The SMILES string of the molecule is COc1cccc(Oc2nc3ccc(N)cc3s2)c1. The predicted octanol–water partition coefficient (Wildman–Crippen LogP) is 3.68. The number of nitrogens with two attached hydrogens (primary N) is 1. The smallest absolute Gasteiger partial charge is 0.279 e. The van der Waals surface area contributed by atoms with Crippen LogP contribution in [0.4, 0.5) is 5.69 Å². The summed E-state index contributed by atoms with van der Waals surface area (Å²) in [5.74, 6) is 1.45. The van der Waals surface area contributed by atoms with Crippen LogP contribution in [-0.4, -0.2) is 12.1 Å². The number of methoxy groups -OCH3 is 1. The summed E-state index contributed by atoms with van der Waals surface area (Å²) in [5, 5.41) is 0.592. The normalized spacial score (nSPS) is 10.6. The maximum absolute atomic E-state index is 5.75. The number of hydrogen-bond donors (Lipinski definition) is 1. The van der Waals surface area contributed by atoms with Crippen molar-refractivity contribution in [3.63, 3.8) is 0 Å². The lowest BCUT2D eigenvalue weighted by molar-refractivity contribution is 0.409. The summed E-state index contributed by atoms with van der Waals surface area (Å²) in [6, 6.07) is 13.0. The van der Waals surface area contributed by atoms with E-state index < -0.39 is 0 Å². The van der Waals surface area contributed by atoms with E-state index in [1.165, 1.54) is 11.3 Å². The van der Waals surface area contributed by atoms with Crippen LogP contribution in [0.25, 0.3) is 10.2 Å². The zero-order chi connectivity index (χ0) is 13.2. The molecule has 0 saturated heterocycles. The summed E-state index contributed by atoms with van der Waals surface area (Å²) in [6.07, 6.45) is 0. The number of thiazole rings is 1. The van der Waals surface area contributed by atoms with Crippen LogP contribution in [0.15, 0.2) is 42.5 Å². The van der Waals surface area contributed by atoms with Crippen LogP contribution < -0.4 is 15.2 Å². The highest BCUT2D eigenvalue weighted by atomic mass is 32.1. The highest BCUT2D eigenvalue weighted by Crippen LogP contribution is 2.33. The van der Waals surface area contributed by atoms with Crippen molar-refractivity contribution in [2.24, 2.45) is 0 Å². The average Bonchev–Trinajstić information content (AvgIpc) is 2.80. The van der Waals surface area contributed by atoms with E-state index in [1.54, 1.807) is 7.11 Å². The summed E-state index contributed by atoms with van der Waals surface area (Å²) in [7, 11) is 1.62. The molecule has 0 aliphatic rings. The molecular weight excluding hydrogens is 260 g/mol. The minimum absolute atomic E-state index is 0.592. The Kier molecular flexibility index (Phi) is 2.97. The topological polar surface area (TPSA) is 57.4 Å². The van der Waals surface area contributed by atoms with Crippen LogP contribution in [0.1, 0.15) is 0 Å². The Hall–Kier alpha value is -2.27. The van der Waals surface area contributed by atoms with Crippen molar-refractivity contribution < 1.29 is 9.47 Å². The summed E-state index contributed by atoms with van der Waals surface area (Å²) in [4.78, 5) is 4.40. The molecule has 5 heteroatoms. The van der Waals surface area contributed by atoms with Gasteiger partial charge in [-0.2, -0.15) is 0 Å². The summed E-state index contributed by atoms with van der Waals surface area (Å²) < 4.78 is 11.9. The van der Waals surface area contributed by atoms with E-state index in [4.69, 9.17) is 15.2 Å². The van der Waals surface area contributed by atoms with Gasteiger partial charge in [0.1, 0.15) is 11.5 Å². The fourth-order valence-electron chi connectivity index (χ4n) is 1.73. The Labute approximate surface area is 114 Å². The molecule has 0 unspecified atom stereocenters. The Balaban J connectivity index is 1.92. The molecule has 2 N–H and O–H groups in total. The molecule has 0 spiro atoms. The Morgan fingerprint density at radius 2 is 1.95 bits per heavy atom. The van der Waals surface area contributed by atoms with Gasteiger partial charge in [-0.15, -0.1) is 0 Å². The van der Waals surface area contributed by atoms with Gasteiger partial charge in [-0.1, -0.05) is 17.4 Å². The van der Waals surface area contributed by atoms with E-state index in [0.29, 0.717) is 10.9 Å². The maximum atomic E-state index is 5.75. The van der Waals surface area contributed by atoms with Crippen molar-refractivity contribution in [3.05, 3.63) is 42.5 Å². The molecule has 19 heavy (non-hydrogen) atoms. The number of ether oxygens (including phenoxy) is 2. The number of hydrogen-bond acceptors (Lipinski definition) is 5. The maximum Gasteiger partial charge on any atom is 0.279 e. The fourth-order valence-corrected chi connectivity index (χ4v) is 2.61. The zero-order valence-electron chi connectivity index (χ0n) is 10.3. The molecule has 0 atom stereocenters.